The second-order valence-corrected chi connectivity index (χ2v) is 4.15. The molecule has 0 heterocycles. The molecule has 1 rings (SSSR count). The molecule has 1 aromatic rings. The third-order valence-corrected chi connectivity index (χ3v) is 2.60. The minimum atomic E-state index is -0.117. The Morgan fingerprint density at radius 3 is 2.26 bits per heavy atom. The predicted octanol–water partition coefficient (Wildman–Crippen LogP) is 2.61. The molecule has 0 aliphatic rings. The van der Waals surface area contributed by atoms with E-state index in [9.17, 15) is 0 Å². The molecule has 0 fully saturated rings. The molecular formula is C16H13BrO2. The molecule has 0 aromatic heterocycles. The van der Waals surface area contributed by atoms with Crippen LogP contribution in [0.1, 0.15) is 12.8 Å². The molecule has 0 radical (unpaired) electrons. The van der Waals surface area contributed by atoms with E-state index in [1.165, 1.54) is 0 Å². The molecule has 2 nitrogen and oxygen atoms in total. The maximum Gasteiger partial charge on any atom is 0.149 e. The Morgan fingerprint density at radius 1 is 0.947 bits per heavy atom. The molecule has 0 unspecified atom stereocenters. The van der Waals surface area contributed by atoms with Crippen LogP contribution < -0.4 is 4.74 Å². The minimum Gasteiger partial charge on any atom is -0.480 e. The predicted molar refractivity (Wildman–Crippen MR) is 79.3 cm³/mol. The van der Waals surface area contributed by atoms with Gasteiger partial charge in [0.2, 0.25) is 0 Å². The van der Waals surface area contributed by atoms with E-state index in [2.05, 4.69) is 51.5 Å². The quantitative estimate of drug-likeness (QED) is 0.850. The number of rotatable bonds is 2. The van der Waals surface area contributed by atoms with Gasteiger partial charge in [0.15, 0.2) is 0 Å². The number of aliphatic hydroxyl groups excluding tert-OH is 1. The van der Waals surface area contributed by atoms with Crippen LogP contribution in [0.3, 0.4) is 0 Å². The van der Waals surface area contributed by atoms with Gasteiger partial charge in [-0.05, 0) is 28.1 Å². The van der Waals surface area contributed by atoms with Gasteiger partial charge in [-0.15, -0.1) is 0 Å². The molecule has 0 atom stereocenters. The summed E-state index contributed by atoms with van der Waals surface area (Å²) in [7, 11) is 0. The molecule has 1 N–H and O–H groups in total. The number of benzene rings is 1. The summed E-state index contributed by atoms with van der Waals surface area (Å²) in [5, 5.41) is 8.42. The first kappa shape index (κ1) is 15.2. The van der Waals surface area contributed by atoms with Crippen molar-refractivity contribution < 1.29 is 9.84 Å². The molecule has 0 bridgehead atoms. The monoisotopic (exact) mass is 316 g/mol. The summed E-state index contributed by atoms with van der Waals surface area (Å²) in [6.07, 6.45) is 0.968. The van der Waals surface area contributed by atoms with Crippen LogP contribution in [0.25, 0.3) is 0 Å². The number of halogens is 1. The first-order chi connectivity index (χ1) is 9.34. The van der Waals surface area contributed by atoms with E-state index in [0.717, 1.165) is 10.2 Å². The van der Waals surface area contributed by atoms with E-state index in [4.69, 9.17) is 9.84 Å². The van der Waals surface area contributed by atoms with E-state index in [-0.39, 0.29) is 6.61 Å². The van der Waals surface area contributed by atoms with Gasteiger partial charge in [0.05, 0.1) is 17.3 Å². The zero-order valence-corrected chi connectivity index (χ0v) is 12.0. The first-order valence-corrected chi connectivity index (χ1v) is 6.49. The summed E-state index contributed by atoms with van der Waals surface area (Å²) in [6.45, 7) is 0.225. The molecule has 1 aromatic carbocycles. The third-order valence-electron chi connectivity index (χ3n) is 1.94. The lowest BCUT2D eigenvalue weighted by Crippen LogP contribution is -1.94. The van der Waals surface area contributed by atoms with Gasteiger partial charge in [-0.25, -0.2) is 0 Å². The molecule has 0 aliphatic carbocycles. The lowest BCUT2D eigenvalue weighted by Gasteiger charge is -2.02. The Kier molecular flexibility index (Phi) is 8.08. The summed E-state index contributed by atoms with van der Waals surface area (Å²) in [5.41, 5.74) is 0. The van der Waals surface area contributed by atoms with Crippen LogP contribution in [0, 0.1) is 35.5 Å². The maximum absolute atomic E-state index is 8.42. The van der Waals surface area contributed by atoms with Crippen LogP contribution in [0.2, 0.25) is 0 Å². The van der Waals surface area contributed by atoms with Crippen LogP contribution in [0.4, 0.5) is 0 Å². The van der Waals surface area contributed by atoms with Crippen LogP contribution in [-0.2, 0) is 0 Å². The fourth-order valence-electron chi connectivity index (χ4n) is 1.12. The van der Waals surface area contributed by atoms with Crippen molar-refractivity contribution in [1.29, 1.82) is 0 Å². The van der Waals surface area contributed by atoms with Crippen LogP contribution in [0.15, 0.2) is 28.7 Å². The van der Waals surface area contributed by atoms with Crippen molar-refractivity contribution in [3.63, 3.8) is 0 Å². The summed E-state index contributed by atoms with van der Waals surface area (Å²) in [6, 6.07) is 7.64. The second kappa shape index (κ2) is 10.1. The van der Waals surface area contributed by atoms with E-state index in [0.29, 0.717) is 19.4 Å². The number of ether oxygens (including phenoxy) is 1. The standard InChI is InChI=1S/C16H13BrO2/c17-15-11-7-8-12-16(15)19-14-10-6-4-2-1-3-5-9-13-18/h7-8,11-12,18H,3-4,13-14H2. The molecule has 19 heavy (non-hydrogen) atoms. The Bertz CT molecular complexity index is 574. The molecule has 0 amide bonds. The highest BCUT2D eigenvalue weighted by molar-refractivity contribution is 9.10. The summed E-state index contributed by atoms with van der Waals surface area (Å²) >= 11 is 3.39. The van der Waals surface area contributed by atoms with Gasteiger partial charge in [-0.1, -0.05) is 47.7 Å². The van der Waals surface area contributed by atoms with Crippen LogP contribution in [0.5, 0.6) is 5.75 Å². The summed E-state index contributed by atoms with van der Waals surface area (Å²) in [4.78, 5) is 0. The fourth-order valence-corrected chi connectivity index (χ4v) is 1.52. The van der Waals surface area contributed by atoms with Gasteiger partial charge in [0, 0.05) is 0 Å². The Balaban J connectivity index is 2.24. The number of hydrogen-bond acceptors (Lipinski definition) is 2. The smallest absolute Gasteiger partial charge is 0.149 e. The number of aliphatic hydroxyl groups is 1. The Labute approximate surface area is 122 Å². The molecule has 0 saturated heterocycles. The molecular weight excluding hydrogens is 304 g/mol. The molecule has 0 saturated carbocycles. The summed E-state index contributed by atoms with van der Waals surface area (Å²) in [5.74, 6) is 17.5. The fraction of sp³-hybridized carbons (Fsp3) is 0.250. The maximum atomic E-state index is 8.42. The zero-order valence-electron chi connectivity index (χ0n) is 10.4. The second-order valence-electron chi connectivity index (χ2n) is 3.29. The molecule has 0 aliphatic heterocycles. The normalized spacial score (nSPS) is 8.11. The van der Waals surface area contributed by atoms with Crippen LogP contribution >= 0.6 is 15.9 Å². The van der Waals surface area contributed by atoms with Gasteiger partial charge in [0.1, 0.15) is 19.0 Å². The van der Waals surface area contributed by atoms with Gasteiger partial charge in [-0.2, -0.15) is 0 Å². The summed E-state index contributed by atoms with van der Waals surface area (Å²) < 4.78 is 6.39. The third kappa shape index (κ3) is 7.22. The average molecular weight is 317 g/mol. The minimum absolute atomic E-state index is 0.117. The van der Waals surface area contributed by atoms with E-state index in [1.54, 1.807) is 0 Å². The average Bonchev–Trinajstić information content (AvgIpc) is 2.43. The highest BCUT2D eigenvalue weighted by Crippen LogP contribution is 2.23. The lowest BCUT2D eigenvalue weighted by atomic mass is 10.3. The van der Waals surface area contributed by atoms with Gasteiger partial charge in [-0.3, -0.25) is 0 Å². The molecule has 96 valence electrons. The highest BCUT2D eigenvalue weighted by atomic mass is 79.9. The largest absolute Gasteiger partial charge is 0.480 e. The van der Waals surface area contributed by atoms with E-state index >= 15 is 0 Å². The Morgan fingerprint density at radius 2 is 1.58 bits per heavy atom. The van der Waals surface area contributed by atoms with Gasteiger partial charge >= 0.3 is 0 Å². The highest BCUT2D eigenvalue weighted by Gasteiger charge is 1.96. The Hall–Kier alpha value is -1.86. The zero-order chi connectivity index (χ0) is 13.8. The van der Waals surface area contributed by atoms with Crippen molar-refractivity contribution in [1.82, 2.24) is 0 Å². The van der Waals surface area contributed by atoms with Crippen molar-refractivity contribution in [2.24, 2.45) is 0 Å². The lowest BCUT2D eigenvalue weighted by molar-refractivity contribution is 0.350. The topological polar surface area (TPSA) is 29.5 Å². The van der Waals surface area contributed by atoms with Gasteiger partial charge in [0.25, 0.3) is 0 Å². The number of hydrogen-bond donors (Lipinski definition) is 1. The van der Waals surface area contributed by atoms with E-state index in [1.807, 2.05) is 24.3 Å². The molecule has 3 heteroatoms. The van der Waals surface area contributed by atoms with E-state index < -0.39 is 0 Å². The van der Waals surface area contributed by atoms with Crippen molar-refractivity contribution >= 4 is 15.9 Å². The van der Waals surface area contributed by atoms with Gasteiger partial charge < -0.3 is 9.84 Å². The molecule has 0 spiro atoms. The van der Waals surface area contributed by atoms with Crippen molar-refractivity contribution in [2.75, 3.05) is 13.2 Å². The van der Waals surface area contributed by atoms with Crippen molar-refractivity contribution in [3.8, 4) is 41.3 Å². The SMILES string of the molecule is OCC#CCC#CCC#CCOc1ccccc1Br. The first-order valence-electron chi connectivity index (χ1n) is 5.70. The number of para-hydroxylation sites is 1. The van der Waals surface area contributed by atoms with Crippen molar-refractivity contribution in [2.45, 2.75) is 12.8 Å². The van der Waals surface area contributed by atoms with Crippen LogP contribution in [-0.4, -0.2) is 18.3 Å². The van der Waals surface area contributed by atoms with Crippen molar-refractivity contribution in [3.05, 3.63) is 28.7 Å².